The second-order valence-electron chi connectivity index (χ2n) is 8.65. The highest BCUT2D eigenvalue weighted by Gasteiger charge is 2.47. The zero-order chi connectivity index (χ0) is 25.3. The maximum Gasteiger partial charge on any atom is 0.300 e. The van der Waals surface area contributed by atoms with Crippen molar-refractivity contribution in [2.24, 2.45) is 0 Å². The van der Waals surface area contributed by atoms with Crippen LogP contribution in [0.3, 0.4) is 0 Å². The van der Waals surface area contributed by atoms with Gasteiger partial charge in [-0.15, -0.1) is 0 Å². The molecule has 4 rings (SSSR count). The number of ketones is 1. The van der Waals surface area contributed by atoms with Crippen LogP contribution in [0.5, 0.6) is 5.75 Å². The van der Waals surface area contributed by atoms with Crippen molar-refractivity contribution < 1.29 is 19.4 Å². The molecule has 0 aliphatic carbocycles. The number of ether oxygens (including phenoxy) is 1. The highest BCUT2D eigenvalue weighted by molar-refractivity contribution is 6.51. The van der Waals surface area contributed by atoms with Gasteiger partial charge in [-0.2, -0.15) is 5.26 Å². The summed E-state index contributed by atoms with van der Waals surface area (Å²) in [5.41, 5.74) is 3.27. The number of hydrogen-bond donors (Lipinski definition) is 1. The maximum atomic E-state index is 13.3. The van der Waals surface area contributed by atoms with Gasteiger partial charge in [0.15, 0.2) is 0 Å². The van der Waals surface area contributed by atoms with Crippen LogP contribution in [-0.2, 0) is 9.59 Å². The molecule has 1 unspecified atom stereocenters. The molecular weight excluding hydrogens is 442 g/mol. The molecule has 1 aliphatic heterocycles. The van der Waals surface area contributed by atoms with Crippen molar-refractivity contribution in [3.63, 3.8) is 0 Å². The van der Waals surface area contributed by atoms with Gasteiger partial charge >= 0.3 is 0 Å². The highest BCUT2D eigenvalue weighted by atomic mass is 16.5. The largest absolute Gasteiger partial charge is 0.507 e. The van der Waals surface area contributed by atoms with Gasteiger partial charge in [-0.05, 0) is 72.5 Å². The second-order valence-corrected chi connectivity index (χ2v) is 8.65. The number of methoxy groups -OCH3 is 1. The number of aryl methyl sites for hydroxylation is 1. The first kappa shape index (κ1) is 23.7. The summed E-state index contributed by atoms with van der Waals surface area (Å²) in [5, 5.41) is 20.6. The maximum absolute atomic E-state index is 13.3. The molecular formula is C28H25N3O4. The Balaban J connectivity index is 1.96. The van der Waals surface area contributed by atoms with E-state index in [1.807, 2.05) is 32.9 Å². The SMILES string of the molecule is COc1cc(C)c(/C(O)=C2\C(=O)C(=O)N(c3ccc(C#N)cc3)C2c2ccccn2)cc1C(C)C. The smallest absolute Gasteiger partial charge is 0.300 e. The van der Waals surface area contributed by atoms with Crippen molar-refractivity contribution >= 4 is 23.1 Å². The van der Waals surface area contributed by atoms with Gasteiger partial charge in [0.25, 0.3) is 11.7 Å². The van der Waals surface area contributed by atoms with E-state index in [-0.39, 0.29) is 17.3 Å². The predicted octanol–water partition coefficient (Wildman–Crippen LogP) is 5.02. The number of benzene rings is 2. The number of amides is 1. The van der Waals surface area contributed by atoms with Crippen molar-refractivity contribution in [1.82, 2.24) is 4.98 Å². The van der Waals surface area contributed by atoms with E-state index >= 15 is 0 Å². The fourth-order valence-corrected chi connectivity index (χ4v) is 4.34. The first-order valence-electron chi connectivity index (χ1n) is 11.2. The van der Waals surface area contributed by atoms with Gasteiger partial charge in [-0.1, -0.05) is 19.9 Å². The molecule has 1 atom stereocenters. The van der Waals surface area contributed by atoms with Crippen LogP contribution in [0.25, 0.3) is 5.76 Å². The van der Waals surface area contributed by atoms with Crippen LogP contribution in [-0.4, -0.2) is 28.9 Å². The van der Waals surface area contributed by atoms with E-state index in [0.29, 0.717) is 33.8 Å². The number of rotatable bonds is 5. The summed E-state index contributed by atoms with van der Waals surface area (Å²) in [6.07, 6.45) is 1.57. The molecule has 1 saturated heterocycles. The topological polar surface area (TPSA) is 104 Å². The third-order valence-electron chi connectivity index (χ3n) is 6.14. The van der Waals surface area contributed by atoms with Gasteiger partial charge in [-0.25, -0.2) is 0 Å². The van der Waals surface area contributed by atoms with Crippen LogP contribution < -0.4 is 9.64 Å². The summed E-state index contributed by atoms with van der Waals surface area (Å²) in [6.45, 7) is 5.83. The number of aromatic nitrogens is 1. The molecule has 7 nitrogen and oxygen atoms in total. The molecule has 3 aromatic rings. The molecule has 2 heterocycles. The number of anilines is 1. The Hall–Kier alpha value is -4.44. The number of aliphatic hydroxyl groups excluding tert-OH is 1. The summed E-state index contributed by atoms with van der Waals surface area (Å²) in [4.78, 5) is 32.3. The number of pyridine rings is 1. The van der Waals surface area contributed by atoms with Crippen LogP contribution in [0.1, 0.15) is 53.8 Å². The number of nitriles is 1. The van der Waals surface area contributed by atoms with Crippen LogP contribution in [0.15, 0.2) is 66.4 Å². The van der Waals surface area contributed by atoms with Gasteiger partial charge in [-0.3, -0.25) is 19.5 Å². The minimum atomic E-state index is -0.937. The molecule has 0 saturated carbocycles. The van der Waals surface area contributed by atoms with Crippen LogP contribution in [0, 0.1) is 18.3 Å². The summed E-state index contributed by atoms with van der Waals surface area (Å²) in [5.74, 6) is -1.05. The molecule has 0 spiro atoms. The number of carbonyl (C=O) groups excluding carboxylic acids is 2. The Bertz CT molecular complexity index is 1370. The Morgan fingerprint density at radius 2 is 1.86 bits per heavy atom. The number of aliphatic hydroxyl groups is 1. The number of hydrogen-bond acceptors (Lipinski definition) is 6. The molecule has 0 radical (unpaired) electrons. The van der Waals surface area contributed by atoms with Gasteiger partial charge in [0.2, 0.25) is 0 Å². The average Bonchev–Trinajstić information content (AvgIpc) is 3.14. The van der Waals surface area contributed by atoms with Gasteiger partial charge in [0, 0.05) is 17.4 Å². The van der Waals surface area contributed by atoms with Gasteiger partial charge in [0.1, 0.15) is 17.6 Å². The van der Waals surface area contributed by atoms with E-state index in [1.165, 1.54) is 4.90 Å². The third kappa shape index (κ3) is 4.15. The van der Waals surface area contributed by atoms with Crippen molar-refractivity contribution in [3.8, 4) is 11.8 Å². The summed E-state index contributed by atoms with van der Waals surface area (Å²) in [6, 6.07) is 16.3. The van der Waals surface area contributed by atoms with Gasteiger partial charge < -0.3 is 9.84 Å². The van der Waals surface area contributed by atoms with E-state index < -0.39 is 17.7 Å². The lowest BCUT2D eigenvalue weighted by molar-refractivity contribution is -0.132. The van der Waals surface area contributed by atoms with E-state index in [4.69, 9.17) is 10.00 Å². The standard InChI is InChI=1S/C28H25N3O4/c1-16(2)20-14-21(17(3)13-23(20)35-4)26(32)24-25(22-7-5-6-12-30-22)31(28(34)27(24)33)19-10-8-18(15-29)9-11-19/h5-14,16,25,32H,1-4H3/b26-24+. The number of carbonyl (C=O) groups is 2. The molecule has 2 aromatic carbocycles. The van der Waals surface area contributed by atoms with Gasteiger partial charge in [0.05, 0.1) is 30.0 Å². The minimum Gasteiger partial charge on any atom is -0.507 e. The molecule has 0 bridgehead atoms. The summed E-state index contributed by atoms with van der Waals surface area (Å²) < 4.78 is 5.51. The number of nitrogens with zero attached hydrogens (tertiary/aromatic N) is 3. The molecule has 1 fully saturated rings. The Kier molecular flexibility index (Phi) is 6.39. The lowest BCUT2D eigenvalue weighted by Crippen LogP contribution is -2.29. The van der Waals surface area contributed by atoms with Crippen LogP contribution >= 0.6 is 0 Å². The molecule has 7 heteroatoms. The fraction of sp³-hybridized carbons (Fsp3) is 0.214. The van der Waals surface area contributed by atoms with E-state index in [2.05, 4.69) is 4.98 Å². The van der Waals surface area contributed by atoms with Crippen molar-refractivity contribution in [2.75, 3.05) is 12.0 Å². The molecule has 1 aliphatic rings. The fourth-order valence-electron chi connectivity index (χ4n) is 4.34. The van der Waals surface area contributed by atoms with Crippen molar-refractivity contribution in [3.05, 3.63) is 94.3 Å². The molecule has 1 amide bonds. The molecule has 176 valence electrons. The minimum absolute atomic E-state index is 0.0407. The normalized spacial score (nSPS) is 17.0. The van der Waals surface area contributed by atoms with Crippen LogP contribution in [0.2, 0.25) is 0 Å². The Labute approximate surface area is 203 Å². The van der Waals surface area contributed by atoms with E-state index in [0.717, 1.165) is 5.56 Å². The quantitative estimate of drug-likeness (QED) is 0.321. The molecule has 1 aromatic heterocycles. The molecule has 35 heavy (non-hydrogen) atoms. The predicted molar refractivity (Wildman–Crippen MR) is 132 cm³/mol. The Morgan fingerprint density at radius 1 is 1.14 bits per heavy atom. The average molecular weight is 468 g/mol. The molecule has 1 N–H and O–H groups in total. The number of Topliss-reactive ketones (excluding diaryl/α,β-unsaturated/α-hetero) is 1. The second kappa shape index (κ2) is 9.43. The van der Waals surface area contributed by atoms with Crippen LogP contribution in [0.4, 0.5) is 5.69 Å². The summed E-state index contributed by atoms with van der Waals surface area (Å²) in [7, 11) is 1.59. The van der Waals surface area contributed by atoms with Crippen molar-refractivity contribution in [2.45, 2.75) is 32.7 Å². The first-order valence-corrected chi connectivity index (χ1v) is 11.2. The Morgan fingerprint density at radius 3 is 2.43 bits per heavy atom. The highest BCUT2D eigenvalue weighted by Crippen LogP contribution is 2.42. The lowest BCUT2D eigenvalue weighted by Gasteiger charge is -2.25. The monoisotopic (exact) mass is 467 g/mol. The van der Waals surface area contributed by atoms with E-state index in [1.54, 1.807) is 61.8 Å². The lowest BCUT2D eigenvalue weighted by atomic mass is 9.92. The zero-order valence-corrected chi connectivity index (χ0v) is 19.9. The van der Waals surface area contributed by atoms with E-state index in [9.17, 15) is 14.7 Å². The summed E-state index contributed by atoms with van der Waals surface area (Å²) >= 11 is 0. The zero-order valence-electron chi connectivity index (χ0n) is 19.9. The third-order valence-corrected chi connectivity index (χ3v) is 6.14. The van der Waals surface area contributed by atoms with Crippen molar-refractivity contribution in [1.29, 1.82) is 5.26 Å². The first-order chi connectivity index (χ1) is 16.8.